The number of aromatic nitrogens is 3. The van der Waals surface area contributed by atoms with Gasteiger partial charge in [0.1, 0.15) is 22.7 Å². The van der Waals surface area contributed by atoms with Crippen molar-refractivity contribution < 1.29 is 9.32 Å². The van der Waals surface area contributed by atoms with Gasteiger partial charge in [-0.3, -0.25) is 4.79 Å². The number of nitrogens with zero attached hydrogens (tertiary/aromatic N) is 5. The fraction of sp³-hybridized carbons (Fsp3) is 0.333. The highest BCUT2D eigenvalue weighted by Gasteiger charge is 2.25. The highest BCUT2D eigenvalue weighted by atomic mass is 35.5. The molecule has 0 unspecified atom stereocenters. The number of nitrogens with one attached hydrogen (secondary N) is 1. The number of carbonyl (C=O) groups excluding carboxylic acids is 1. The van der Waals surface area contributed by atoms with E-state index in [1.54, 1.807) is 25.3 Å². The molecule has 1 N–H and O–H groups in total. The van der Waals surface area contributed by atoms with Crippen LogP contribution in [0.25, 0.3) is 11.3 Å². The lowest BCUT2D eigenvalue weighted by Crippen LogP contribution is -2.24. The Balaban J connectivity index is 1.66. The molecule has 0 aliphatic carbocycles. The molecule has 0 atom stereocenters. The van der Waals surface area contributed by atoms with E-state index in [1.165, 1.54) is 0 Å². The number of carbonyl (C=O) groups is 1. The number of halogens is 1. The molecule has 1 saturated heterocycles. The summed E-state index contributed by atoms with van der Waals surface area (Å²) in [4.78, 5) is 26.3. The molecule has 0 spiro atoms. The van der Waals surface area contributed by atoms with Crippen LogP contribution in [0.5, 0.6) is 0 Å². The minimum atomic E-state index is -0.357. The van der Waals surface area contributed by atoms with E-state index >= 15 is 0 Å². The Hall–Kier alpha value is -3.13. The second kappa shape index (κ2) is 8.31. The maximum atomic E-state index is 13.2. The first-order valence-corrected chi connectivity index (χ1v) is 10.2. The van der Waals surface area contributed by atoms with Crippen LogP contribution in [0.15, 0.2) is 35.0 Å². The van der Waals surface area contributed by atoms with Crippen molar-refractivity contribution >= 4 is 35.0 Å². The van der Waals surface area contributed by atoms with Crippen LogP contribution >= 0.6 is 11.6 Å². The van der Waals surface area contributed by atoms with Crippen molar-refractivity contribution in [1.29, 1.82) is 0 Å². The Labute approximate surface area is 179 Å². The zero-order valence-electron chi connectivity index (χ0n) is 17.1. The van der Waals surface area contributed by atoms with Crippen LogP contribution < -0.4 is 15.1 Å². The first kappa shape index (κ1) is 20.2. The van der Waals surface area contributed by atoms with Gasteiger partial charge in [0, 0.05) is 32.7 Å². The van der Waals surface area contributed by atoms with Crippen LogP contribution in [-0.2, 0) is 0 Å². The van der Waals surface area contributed by atoms with Gasteiger partial charge >= 0.3 is 0 Å². The SMILES string of the molecule is Cc1onc(-c2ccccc2Cl)c1C(=O)Nc1cnc(N2CCCC2)nc1N(C)C. The van der Waals surface area contributed by atoms with Crippen LogP contribution in [0.3, 0.4) is 0 Å². The molecule has 8 nitrogen and oxygen atoms in total. The fourth-order valence-electron chi connectivity index (χ4n) is 3.52. The highest BCUT2D eigenvalue weighted by Crippen LogP contribution is 2.32. The van der Waals surface area contributed by atoms with E-state index in [0.29, 0.717) is 45.1 Å². The van der Waals surface area contributed by atoms with Crippen molar-refractivity contribution in [3.63, 3.8) is 0 Å². The van der Waals surface area contributed by atoms with Crippen LogP contribution in [-0.4, -0.2) is 48.2 Å². The molecule has 9 heteroatoms. The summed E-state index contributed by atoms with van der Waals surface area (Å²) in [5.74, 6) is 1.36. The van der Waals surface area contributed by atoms with Crippen molar-refractivity contribution in [2.24, 2.45) is 0 Å². The Kier molecular flexibility index (Phi) is 5.59. The van der Waals surface area contributed by atoms with Gasteiger partial charge in [0.2, 0.25) is 5.95 Å². The van der Waals surface area contributed by atoms with Gasteiger partial charge in [-0.2, -0.15) is 4.98 Å². The van der Waals surface area contributed by atoms with E-state index in [-0.39, 0.29) is 5.91 Å². The molecule has 156 valence electrons. The monoisotopic (exact) mass is 426 g/mol. The molecule has 0 radical (unpaired) electrons. The van der Waals surface area contributed by atoms with Gasteiger partial charge in [-0.1, -0.05) is 35.0 Å². The Morgan fingerprint density at radius 3 is 2.67 bits per heavy atom. The average Bonchev–Trinajstić information content (AvgIpc) is 3.38. The molecule has 3 heterocycles. The van der Waals surface area contributed by atoms with E-state index < -0.39 is 0 Å². The molecule has 1 fully saturated rings. The summed E-state index contributed by atoms with van der Waals surface area (Å²) in [5.41, 5.74) is 1.88. The minimum Gasteiger partial charge on any atom is -0.361 e. The van der Waals surface area contributed by atoms with Crippen LogP contribution in [0.4, 0.5) is 17.5 Å². The summed E-state index contributed by atoms with van der Waals surface area (Å²) in [6, 6.07) is 7.20. The molecule has 0 saturated carbocycles. The summed E-state index contributed by atoms with van der Waals surface area (Å²) in [7, 11) is 3.76. The third kappa shape index (κ3) is 3.82. The second-order valence-electron chi connectivity index (χ2n) is 7.39. The highest BCUT2D eigenvalue weighted by molar-refractivity contribution is 6.33. The molecule has 1 aliphatic rings. The van der Waals surface area contributed by atoms with Gasteiger partial charge in [0.25, 0.3) is 5.91 Å². The Morgan fingerprint density at radius 1 is 1.23 bits per heavy atom. The Morgan fingerprint density at radius 2 is 1.97 bits per heavy atom. The number of amides is 1. The van der Waals surface area contributed by atoms with E-state index in [2.05, 4.69) is 25.3 Å². The summed E-state index contributed by atoms with van der Waals surface area (Å²) in [5, 5.41) is 7.47. The van der Waals surface area contributed by atoms with Crippen molar-refractivity contribution in [2.45, 2.75) is 19.8 Å². The Bertz CT molecular complexity index is 1080. The lowest BCUT2D eigenvalue weighted by Gasteiger charge is -2.21. The normalized spacial score (nSPS) is 13.5. The molecule has 4 rings (SSSR count). The predicted molar refractivity (Wildman–Crippen MR) is 117 cm³/mol. The summed E-state index contributed by atoms with van der Waals surface area (Å²) < 4.78 is 5.31. The third-order valence-electron chi connectivity index (χ3n) is 5.04. The molecule has 1 amide bonds. The van der Waals surface area contributed by atoms with Gasteiger partial charge in [-0.05, 0) is 25.8 Å². The maximum Gasteiger partial charge on any atom is 0.261 e. The topological polar surface area (TPSA) is 87.4 Å². The molecule has 1 aromatic carbocycles. The quantitative estimate of drug-likeness (QED) is 0.659. The molecule has 3 aromatic rings. The van der Waals surface area contributed by atoms with Gasteiger partial charge in [0.05, 0.1) is 11.2 Å². The van der Waals surface area contributed by atoms with Crippen molar-refractivity contribution in [2.75, 3.05) is 42.3 Å². The van der Waals surface area contributed by atoms with Crippen molar-refractivity contribution in [3.8, 4) is 11.3 Å². The van der Waals surface area contributed by atoms with Crippen LogP contribution in [0, 0.1) is 6.92 Å². The van der Waals surface area contributed by atoms with E-state index in [0.717, 1.165) is 25.9 Å². The van der Waals surface area contributed by atoms with Gasteiger partial charge < -0.3 is 19.6 Å². The second-order valence-corrected chi connectivity index (χ2v) is 7.80. The number of anilines is 3. The van der Waals surface area contributed by atoms with Gasteiger partial charge in [-0.25, -0.2) is 4.98 Å². The molecule has 30 heavy (non-hydrogen) atoms. The molecule has 2 aromatic heterocycles. The summed E-state index contributed by atoms with van der Waals surface area (Å²) >= 11 is 6.31. The minimum absolute atomic E-state index is 0.330. The number of rotatable bonds is 5. The predicted octanol–water partition coefficient (Wildman–Crippen LogP) is 4.01. The van der Waals surface area contributed by atoms with Crippen LogP contribution in [0.1, 0.15) is 29.0 Å². The number of hydrogen-bond acceptors (Lipinski definition) is 7. The fourth-order valence-corrected chi connectivity index (χ4v) is 3.75. The first-order valence-electron chi connectivity index (χ1n) is 9.77. The lowest BCUT2D eigenvalue weighted by atomic mass is 10.1. The van der Waals surface area contributed by atoms with E-state index in [9.17, 15) is 4.79 Å². The standard InChI is InChI=1S/C21H23ClN6O2/c1-13-17(18(26-30-13)14-8-4-5-9-15(14)22)20(29)24-16-12-23-21(25-19(16)27(2)3)28-10-6-7-11-28/h4-5,8-9,12H,6-7,10-11H2,1-3H3,(H,24,29). The van der Waals surface area contributed by atoms with Gasteiger partial charge in [0.15, 0.2) is 5.82 Å². The zero-order chi connectivity index (χ0) is 21.3. The smallest absolute Gasteiger partial charge is 0.261 e. The molecular weight excluding hydrogens is 404 g/mol. The molecular formula is C21H23ClN6O2. The molecule has 1 aliphatic heterocycles. The van der Waals surface area contributed by atoms with Crippen molar-refractivity contribution in [3.05, 3.63) is 46.8 Å². The van der Waals surface area contributed by atoms with Gasteiger partial charge in [-0.15, -0.1) is 0 Å². The number of hydrogen-bond donors (Lipinski definition) is 1. The van der Waals surface area contributed by atoms with E-state index in [4.69, 9.17) is 16.1 Å². The van der Waals surface area contributed by atoms with Crippen LogP contribution in [0.2, 0.25) is 5.02 Å². The van der Waals surface area contributed by atoms with E-state index in [1.807, 2.05) is 31.1 Å². The van der Waals surface area contributed by atoms with Crippen molar-refractivity contribution in [1.82, 2.24) is 15.1 Å². The summed E-state index contributed by atoms with van der Waals surface area (Å²) in [6.45, 7) is 3.58. The molecule has 0 bridgehead atoms. The summed E-state index contributed by atoms with van der Waals surface area (Å²) in [6.07, 6.45) is 3.92. The lowest BCUT2D eigenvalue weighted by molar-refractivity contribution is 0.102. The number of aryl methyl sites for hydroxylation is 1. The zero-order valence-corrected chi connectivity index (χ0v) is 17.9. The largest absolute Gasteiger partial charge is 0.361 e. The third-order valence-corrected chi connectivity index (χ3v) is 5.36. The average molecular weight is 427 g/mol. The number of benzene rings is 1. The first-order chi connectivity index (χ1) is 14.5. The maximum absolute atomic E-state index is 13.2.